The fraction of sp³-hybridized carbons (Fsp3) is 0.150. The maximum absolute atomic E-state index is 12.6. The highest BCUT2D eigenvalue weighted by molar-refractivity contribution is 7.17. The fourth-order valence-electron chi connectivity index (χ4n) is 2.58. The molecule has 0 bridgehead atoms. The van der Waals surface area contributed by atoms with Crippen molar-refractivity contribution in [3.05, 3.63) is 58.4 Å². The van der Waals surface area contributed by atoms with Gasteiger partial charge in [-0.1, -0.05) is 23.7 Å². The van der Waals surface area contributed by atoms with E-state index in [1.54, 1.807) is 18.2 Å². The monoisotopic (exact) mass is 403 g/mol. The third kappa shape index (κ3) is 4.18. The highest BCUT2D eigenvalue weighted by Gasteiger charge is 2.16. The Kier molecular flexibility index (Phi) is 5.88. The lowest BCUT2D eigenvalue weighted by Gasteiger charge is -2.14. The van der Waals surface area contributed by atoms with Crippen molar-refractivity contribution < 1.29 is 19.0 Å². The van der Waals surface area contributed by atoms with Crippen molar-refractivity contribution in [2.45, 2.75) is 0 Å². The van der Waals surface area contributed by atoms with E-state index in [1.165, 1.54) is 32.7 Å². The first-order chi connectivity index (χ1) is 13.0. The number of nitrogens with one attached hydrogen (secondary N) is 1. The molecule has 5 nitrogen and oxygen atoms in total. The minimum absolute atomic E-state index is 0.213. The Balaban J connectivity index is 1.82. The van der Waals surface area contributed by atoms with E-state index in [1.807, 2.05) is 30.3 Å². The van der Waals surface area contributed by atoms with Crippen molar-refractivity contribution in [2.75, 3.05) is 26.6 Å². The number of amides is 1. The molecule has 3 rings (SSSR count). The average molecular weight is 404 g/mol. The van der Waals surface area contributed by atoms with Crippen LogP contribution in [0.5, 0.6) is 17.2 Å². The molecule has 1 amide bonds. The number of hydrogen-bond acceptors (Lipinski definition) is 5. The van der Waals surface area contributed by atoms with E-state index in [4.69, 9.17) is 25.8 Å². The van der Waals surface area contributed by atoms with Crippen LogP contribution in [0.25, 0.3) is 10.4 Å². The molecule has 140 valence electrons. The lowest BCUT2D eigenvalue weighted by molar-refractivity contribution is 0.103. The summed E-state index contributed by atoms with van der Waals surface area (Å²) in [5.74, 6) is 1.20. The largest absolute Gasteiger partial charge is 0.493 e. The number of anilines is 1. The van der Waals surface area contributed by atoms with Crippen LogP contribution in [0, 0.1) is 0 Å². The van der Waals surface area contributed by atoms with Crippen molar-refractivity contribution in [3.8, 4) is 27.7 Å². The summed E-state index contributed by atoms with van der Waals surface area (Å²) in [7, 11) is 4.59. The topological polar surface area (TPSA) is 56.8 Å². The maximum atomic E-state index is 12.6. The van der Waals surface area contributed by atoms with Crippen molar-refractivity contribution in [1.29, 1.82) is 0 Å². The van der Waals surface area contributed by atoms with Gasteiger partial charge in [-0.3, -0.25) is 4.79 Å². The Hall–Kier alpha value is -2.70. The standard InChI is InChI=1S/C20H18ClNO4S/c1-24-15-10-14(11-16(25-2)19(15)26-3)22-20(23)18-9-8-17(27-18)12-4-6-13(21)7-5-12/h4-11H,1-3H3,(H,22,23). The maximum Gasteiger partial charge on any atom is 0.265 e. The van der Waals surface area contributed by atoms with Crippen LogP contribution in [0.2, 0.25) is 5.02 Å². The highest BCUT2D eigenvalue weighted by atomic mass is 35.5. The van der Waals surface area contributed by atoms with Crippen molar-refractivity contribution >= 4 is 34.5 Å². The summed E-state index contributed by atoms with van der Waals surface area (Å²) in [6.45, 7) is 0. The smallest absolute Gasteiger partial charge is 0.265 e. The average Bonchev–Trinajstić information content (AvgIpc) is 3.18. The zero-order chi connectivity index (χ0) is 19.4. The summed E-state index contributed by atoms with van der Waals surface area (Å²) in [6, 6.07) is 14.6. The number of thiophene rings is 1. The molecule has 0 radical (unpaired) electrons. The second-order valence-corrected chi connectivity index (χ2v) is 7.06. The zero-order valence-corrected chi connectivity index (χ0v) is 16.6. The summed E-state index contributed by atoms with van der Waals surface area (Å²) in [6.07, 6.45) is 0. The number of methoxy groups -OCH3 is 3. The van der Waals surface area contributed by atoms with Crippen LogP contribution in [0.3, 0.4) is 0 Å². The summed E-state index contributed by atoms with van der Waals surface area (Å²) >= 11 is 7.33. The molecule has 0 spiro atoms. The minimum atomic E-state index is -0.213. The molecule has 1 N–H and O–H groups in total. The van der Waals surface area contributed by atoms with Crippen LogP contribution in [0.1, 0.15) is 9.67 Å². The molecule has 0 atom stereocenters. The number of carbonyl (C=O) groups is 1. The first-order valence-corrected chi connectivity index (χ1v) is 9.22. The third-order valence-corrected chi connectivity index (χ3v) is 5.27. The predicted molar refractivity (Wildman–Crippen MR) is 109 cm³/mol. The molecule has 0 aliphatic heterocycles. The summed E-state index contributed by atoms with van der Waals surface area (Å²) in [5.41, 5.74) is 1.56. The molecule has 0 aliphatic carbocycles. The van der Waals surface area contributed by atoms with E-state index in [0.29, 0.717) is 32.8 Å². The van der Waals surface area contributed by atoms with Crippen LogP contribution in [-0.2, 0) is 0 Å². The van der Waals surface area contributed by atoms with Crippen LogP contribution in [-0.4, -0.2) is 27.2 Å². The molecular formula is C20H18ClNO4S. The molecule has 0 unspecified atom stereocenters. The normalized spacial score (nSPS) is 10.4. The van der Waals surface area contributed by atoms with Crippen molar-refractivity contribution in [1.82, 2.24) is 0 Å². The van der Waals surface area contributed by atoms with E-state index < -0.39 is 0 Å². The minimum Gasteiger partial charge on any atom is -0.493 e. The Morgan fingerprint density at radius 3 is 2.11 bits per heavy atom. The van der Waals surface area contributed by atoms with Crippen molar-refractivity contribution in [3.63, 3.8) is 0 Å². The van der Waals surface area contributed by atoms with Gasteiger partial charge in [0.15, 0.2) is 11.5 Å². The molecule has 7 heteroatoms. The number of hydrogen-bond donors (Lipinski definition) is 1. The van der Waals surface area contributed by atoms with E-state index in [-0.39, 0.29) is 5.91 Å². The molecular weight excluding hydrogens is 386 g/mol. The molecule has 3 aromatic rings. The van der Waals surface area contributed by atoms with Gasteiger partial charge in [0.05, 0.1) is 26.2 Å². The van der Waals surface area contributed by atoms with Gasteiger partial charge < -0.3 is 19.5 Å². The number of rotatable bonds is 6. The second-order valence-electron chi connectivity index (χ2n) is 5.54. The first-order valence-electron chi connectivity index (χ1n) is 8.03. The lowest BCUT2D eigenvalue weighted by Crippen LogP contribution is -2.10. The van der Waals surface area contributed by atoms with Gasteiger partial charge in [0, 0.05) is 27.7 Å². The van der Waals surface area contributed by atoms with Crippen LogP contribution < -0.4 is 19.5 Å². The van der Waals surface area contributed by atoms with Gasteiger partial charge in [-0.05, 0) is 29.8 Å². The van der Waals surface area contributed by atoms with Gasteiger partial charge >= 0.3 is 0 Å². The Bertz CT molecular complexity index is 928. The molecule has 0 aliphatic rings. The molecule has 0 saturated carbocycles. The predicted octanol–water partition coefficient (Wildman–Crippen LogP) is 5.35. The summed E-state index contributed by atoms with van der Waals surface area (Å²) in [5, 5.41) is 3.54. The zero-order valence-electron chi connectivity index (χ0n) is 15.0. The molecule has 2 aromatic carbocycles. The number of benzene rings is 2. The third-order valence-electron chi connectivity index (χ3n) is 3.88. The number of carbonyl (C=O) groups excluding carboxylic acids is 1. The number of halogens is 1. The van der Waals surface area contributed by atoms with Gasteiger partial charge in [-0.2, -0.15) is 0 Å². The molecule has 0 saturated heterocycles. The van der Waals surface area contributed by atoms with Gasteiger partial charge in [0.1, 0.15) is 0 Å². The van der Waals surface area contributed by atoms with E-state index in [2.05, 4.69) is 5.32 Å². The second kappa shape index (κ2) is 8.33. The Labute approximate surface area is 166 Å². The van der Waals surface area contributed by atoms with E-state index >= 15 is 0 Å². The molecule has 1 heterocycles. The first kappa shape index (κ1) is 19.1. The van der Waals surface area contributed by atoms with Crippen LogP contribution in [0.4, 0.5) is 5.69 Å². The van der Waals surface area contributed by atoms with Gasteiger partial charge in [-0.15, -0.1) is 11.3 Å². The van der Waals surface area contributed by atoms with Crippen molar-refractivity contribution in [2.24, 2.45) is 0 Å². The van der Waals surface area contributed by atoms with E-state index in [0.717, 1.165) is 10.4 Å². The lowest BCUT2D eigenvalue weighted by atomic mass is 10.2. The Morgan fingerprint density at radius 1 is 0.926 bits per heavy atom. The van der Waals surface area contributed by atoms with Gasteiger partial charge in [-0.25, -0.2) is 0 Å². The SMILES string of the molecule is COc1cc(NC(=O)c2ccc(-c3ccc(Cl)cc3)s2)cc(OC)c1OC. The Morgan fingerprint density at radius 2 is 1.56 bits per heavy atom. The quantitative estimate of drug-likeness (QED) is 0.603. The number of ether oxygens (including phenoxy) is 3. The summed E-state index contributed by atoms with van der Waals surface area (Å²) < 4.78 is 15.9. The van der Waals surface area contributed by atoms with E-state index in [9.17, 15) is 4.79 Å². The molecule has 1 aromatic heterocycles. The van der Waals surface area contributed by atoms with Gasteiger partial charge in [0.25, 0.3) is 5.91 Å². The van der Waals surface area contributed by atoms with Crippen LogP contribution in [0.15, 0.2) is 48.5 Å². The molecule has 27 heavy (non-hydrogen) atoms. The van der Waals surface area contributed by atoms with Gasteiger partial charge in [0.2, 0.25) is 5.75 Å². The summed E-state index contributed by atoms with van der Waals surface area (Å²) in [4.78, 5) is 14.2. The fourth-order valence-corrected chi connectivity index (χ4v) is 3.61. The highest BCUT2D eigenvalue weighted by Crippen LogP contribution is 2.40. The molecule has 0 fully saturated rings. The van der Waals surface area contributed by atoms with Crippen LogP contribution >= 0.6 is 22.9 Å².